The lowest BCUT2D eigenvalue weighted by Gasteiger charge is -2.66. The van der Waals surface area contributed by atoms with E-state index in [1.165, 1.54) is 38.5 Å². The first kappa shape index (κ1) is 24.0. The van der Waals surface area contributed by atoms with Crippen molar-refractivity contribution in [1.82, 2.24) is 0 Å². The quantitative estimate of drug-likeness (QED) is 0.403. The number of hydrogen-bond acceptors (Lipinski definition) is 0. The Morgan fingerprint density at radius 2 is 1.50 bits per heavy atom. The molecule has 0 heteroatoms. The summed E-state index contributed by atoms with van der Waals surface area (Å²) in [4.78, 5) is 0. The van der Waals surface area contributed by atoms with Crippen LogP contribution < -0.4 is 0 Å². The van der Waals surface area contributed by atoms with Crippen LogP contribution >= 0.6 is 0 Å². The zero-order valence-electron chi connectivity index (χ0n) is 20.6. The SMILES string of the molecule is CCCC(CCC1CC(C)C1(C)C(C)(C)C(C)(C)C)C(C)CC(C)(C)C. The Hall–Kier alpha value is 0. The third-order valence-corrected chi connectivity index (χ3v) is 9.02. The first-order valence-corrected chi connectivity index (χ1v) is 11.6. The molecule has 0 nitrogen and oxygen atoms in total. The maximum absolute atomic E-state index is 2.62. The Bertz CT molecular complexity index is 430. The predicted molar refractivity (Wildman–Crippen MR) is 119 cm³/mol. The molecule has 1 rings (SSSR count). The highest BCUT2D eigenvalue weighted by Gasteiger charge is 2.60. The molecule has 156 valence electrons. The Morgan fingerprint density at radius 1 is 0.962 bits per heavy atom. The molecule has 0 spiro atoms. The van der Waals surface area contributed by atoms with Gasteiger partial charge in [0.25, 0.3) is 0 Å². The number of rotatable bonds is 8. The Balaban J connectivity index is 2.83. The fourth-order valence-electron chi connectivity index (χ4n) is 6.14. The van der Waals surface area contributed by atoms with Gasteiger partial charge in [0.2, 0.25) is 0 Å². The summed E-state index contributed by atoms with van der Waals surface area (Å²) in [5.41, 5.74) is 1.67. The largest absolute Gasteiger partial charge is 0.0654 e. The van der Waals surface area contributed by atoms with E-state index in [2.05, 4.69) is 83.1 Å². The molecule has 0 aromatic heterocycles. The Labute approximate surface area is 167 Å². The minimum Gasteiger partial charge on any atom is -0.0654 e. The number of hydrogen-bond donors (Lipinski definition) is 0. The van der Waals surface area contributed by atoms with Crippen LogP contribution in [0.4, 0.5) is 0 Å². The van der Waals surface area contributed by atoms with Crippen molar-refractivity contribution in [1.29, 1.82) is 0 Å². The van der Waals surface area contributed by atoms with Gasteiger partial charge in [-0.15, -0.1) is 0 Å². The molecule has 0 N–H and O–H groups in total. The van der Waals surface area contributed by atoms with Gasteiger partial charge in [0, 0.05) is 0 Å². The molecule has 0 bridgehead atoms. The van der Waals surface area contributed by atoms with Crippen LogP contribution in [0.3, 0.4) is 0 Å². The molecule has 1 fully saturated rings. The van der Waals surface area contributed by atoms with Crippen LogP contribution in [0.25, 0.3) is 0 Å². The molecule has 0 aliphatic heterocycles. The average molecular weight is 365 g/mol. The monoisotopic (exact) mass is 364 g/mol. The molecule has 5 atom stereocenters. The van der Waals surface area contributed by atoms with Gasteiger partial charge in [-0.25, -0.2) is 0 Å². The van der Waals surface area contributed by atoms with E-state index in [0.29, 0.717) is 21.7 Å². The van der Waals surface area contributed by atoms with Crippen molar-refractivity contribution >= 4 is 0 Å². The van der Waals surface area contributed by atoms with Crippen molar-refractivity contribution in [3.05, 3.63) is 0 Å². The van der Waals surface area contributed by atoms with Gasteiger partial charge in [0.1, 0.15) is 0 Å². The second-order valence-corrected chi connectivity index (χ2v) is 12.9. The lowest BCUT2D eigenvalue weighted by molar-refractivity contribution is -0.171. The zero-order chi connectivity index (χ0) is 20.6. The van der Waals surface area contributed by atoms with Crippen LogP contribution in [0, 0.1) is 45.3 Å². The smallest absolute Gasteiger partial charge is 0.0215 e. The van der Waals surface area contributed by atoms with E-state index in [1.54, 1.807) is 0 Å². The summed E-state index contributed by atoms with van der Waals surface area (Å²) < 4.78 is 0. The molecular formula is C26H52. The summed E-state index contributed by atoms with van der Waals surface area (Å²) in [5, 5.41) is 0. The predicted octanol–water partition coefficient (Wildman–Crippen LogP) is 8.99. The highest BCUT2D eigenvalue weighted by atomic mass is 14.6. The van der Waals surface area contributed by atoms with Gasteiger partial charge in [-0.05, 0) is 71.0 Å². The van der Waals surface area contributed by atoms with Gasteiger partial charge in [-0.1, -0.05) is 95.9 Å². The molecule has 0 radical (unpaired) electrons. The van der Waals surface area contributed by atoms with Crippen LogP contribution in [-0.2, 0) is 0 Å². The molecule has 1 saturated carbocycles. The van der Waals surface area contributed by atoms with Crippen LogP contribution in [0.1, 0.15) is 122 Å². The van der Waals surface area contributed by atoms with Gasteiger partial charge >= 0.3 is 0 Å². The van der Waals surface area contributed by atoms with E-state index in [1.807, 2.05) is 0 Å². The van der Waals surface area contributed by atoms with E-state index in [4.69, 9.17) is 0 Å². The molecule has 0 aromatic rings. The van der Waals surface area contributed by atoms with Crippen LogP contribution in [0.2, 0.25) is 0 Å². The molecule has 1 aliphatic carbocycles. The summed E-state index contributed by atoms with van der Waals surface area (Å²) in [6, 6.07) is 0. The van der Waals surface area contributed by atoms with Crippen LogP contribution in [0.15, 0.2) is 0 Å². The van der Waals surface area contributed by atoms with Crippen molar-refractivity contribution in [3.8, 4) is 0 Å². The van der Waals surface area contributed by atoms with Crippen molar-refractivity contribution < 1.29 is 0 Å². The molecule has 0 saturated heterocycles. The lowest BCUT2D eigenvalue weighted by atomic mass is 9.39. The standard InChI is InChI=1S/C26H52/c1-13-14-21(19(2)18-23(4,5)6)15-16-22-17-20(3)26(22,12)25(10,11)24(7,8)9/h19-22H,13-18H2,1-12H3. The summed E-state index contributed by atoms with van der Waals surface area (Å²) in [5.74, 6) is 3.54. The third-order valence-electron chi connectivity index (χ3n) is 9.02. The van der Waals surface area contributed by atoms with E-state index in [9.17, 15) is 0 Å². The molecule has 5 unspecified atom stereocenters. The van der Waals surface area contributed by atoms with Crippen molar-refractivity contribution in [2.45, 2.75) is 122 Å². The second kappa shape index (κ2) is 8.16. The second-order valence-electron chi connectivity index (χ2n) is 12.9. The van der Waals surface area contributed by atoms with Crippen molar-refractivity contribution in [2.75, 3.05) is 0 Å². The first-order chi connectivity index (χ1) is 11.6. The summed E-state index contributed by atoms with van der Waals surface area (Å²) in [7, 11) is 0. The topological polar surface area (TPSA) is 0 Å². The molecule has 0 amide bonds. The fourth-order valence-corrected chi connectivity index (χ4v) is 6.14. The van der Waals surface area contributed by atoms with Gasteiger partial charge in [0.05, 0.1) is 0 Å². The summed E-state index contributed by atoms with van der Waals surface area (Å²) in [6.07, 6.45) is 8.45. The Morgan fingerprint density at radius 3 is 1.88 bits per heavy atom. The zero-order valence-corrected chi connectivity index (χ0v) is 20.6. The first-order valence-electron chi connectivity index (χ1n) is 11.6. The van der Waals surface area contributed by atoms with E-state index >= 15 is 0 Å². The van der Waals surface area contributed by atoms with Crippen LogP contribution in [-0.4, -0.2) is 0 Å². The van der Waals surface area contributed by atoms with Crippen molar-refractivity contribution in [3.63, 3.8) is 0 Å². The highest BCUT2D eigenvalue weighted by Crippen LogP contribution is 2.67. The molecule has 1 aliphatic rings. The summed E-state index contributed by atoms with van der Waals surface area (Å²) in [6.45, 7) is 29.7. The Kier molecular flexibility index (Phi) is 7.55. The van der Waals surface area contributed by atoms with Gasteiger partial charge in [-0.2, -0.15) is 0 Å². The third kappa shape index (κ3) is 4.88. The maximum atomic E-state index is 2.62. The van der Waals surface area contributed by atoms with E-state index in [0.717, 1.165) is 23.7 Å². The molecular weight excluding hydrogens is 312 g/mol. The van der Waals surface area contributed by atoms with Gasteiger partial charge in [-0.3, -0.25) is 0 Å². The molecule has 26 heavy (non-hydrogen) atoms. The average Bonchev–Trinajstić information content (AvgIpc) is 2.45. The van der Waals surface area contributed by atoms with Crippen LogP contribution in [0.5, 0.6) is 0 Å². The van der Waals surface area contributed by atoms with Gasteiger partial charge in [0.15, 0.2) is 0 Å². The molecule has 0 aromatic carbocycles. The lowest BCUT2D eigenvalue weighted by Crippen LogP contribution is -2.59. The maximum Gasteiger partial charge on any atom is -0.0215 e. The fraction of sp³-hybridized carbons (Fsp3) is 1.00. The molecule has 0 heterocycles. The van der Waals surface area contributed by atoms with Gasteiger partial charge < -0.3 is 0 Å². The van der Waals surface area contributed by atoms with Crippen molar-refractivity contribution in [2.24, 2.45) is 45.3 Å². The minimum absolute atomic E-state index is 0.358. The highest BCUT2D eigenvalue weighted by molar-refractivity contribution is 5.08. The van der Waals surface area contributed by atoms with E-state index < -0.39 is 0 Å². The minimum atomic E-state index is 0.358. The normalized spacial score (nSPS) is 30.0. The summed E-state index contributed by atoms with van der Waals surface area (Å²) >= 11 is 0. The van der Waals surface area contributed by atoms with E-state index in [-0.39, 0.29) is 0 Å².